The molecule has 1 aromatic heterocycles. The SMILES string of the molecule is CC1CN(Cc2cnc(-c3ccccc3)[nH]2)CCN1. The number of imidazole rings is 1. The third-order valence-corrected chi connectivity index (χ3v) is 3.52. The van der Waals surface area contributed by atoms with Crippen molar-refractivity contribution in [3.63, 3.8) is 0 Å². The zero-order valence-electron chi connectivity index (χ0n) is 11.3. The van der Waals surface area contributed by atoms with Gasteiger partial charge in [-0.25, -0.2) is 4.98 Å². The van der Waals surface area contributed by atoms with Crippen LogP contribution in [0, 0.1) is 0 Å². The van der Waals surface area contributed by atoms with E-state index in [2.05, 4.69) is 39.2 Å². The number of piperazine rings is 1. The van der Waals surface area contributed by atoms with Crippen LogP contribution in [0.3, 0.4) is 0 Å². The van der Waals surface area contributed by atoms with Gasteiger partial charge in [-0.05, 0) is 6.92 Å². The molecule has 4 nitrogen and oxygen atoms in total. The molecule has 1 aliphatic rings. The van der Waals surface area contributed by atoms with E-state index in [1.165, 1.54) is 5.69 Å². The Kier molecular flexibility index (Phi) is 3.62. The number of benzene rings is 1. The quantitative estimate of drug-likeness (QED) is 0.881. The fourth-order valence-electron chi connectivity index (χ4n) is 2.58. The number of nitrogens with zero attached hydrogens (tertiary/aromatic N) is 2. The number of H-pyrrole nitrogens is 1. The van der Waals surface area contributed by atoms with Crippen LogP contribution in [0.5, 0.6) is 0 Å². The van der Waals surface area contributed by atoms with E-state index in [0.717, 1.165) is 37.6 Å². The van der Waals surface area contributed by atoms with Gasteiger partial charge in [0.2, 0.25) is 0 Å². The molecule has 2 N–H and O–H groups in total. The number of nitrogens with one attached hydrogen (secondary N) is 2. The molecule has 4 heteroatoms. The van der Waals surface area contributed by atoms with E-state index in [1.807, 2.05) is 24.4 Å². The lowest BCUT2D eigenvalue weighted by atomic mass is 10.2. The summed E-state index contributed by atoms with van der Waals surface area (Å²) in [6, 6.07) is 10.8. The first kappa shape index (κ1) is 12.4. The first-order chi connectivity index (χ1) is 9.31. The van der Waals surface area contributed by atoms with Crippen molar-refractivity contribution in [2.24, 2.45) is 0 Å². The molecule has 100 valence electrons. The maximum absolute atomic E-state index is 4.47. The lowest BCUT2D eigenvalue weighted by molar-refractivity contribution is 0.198. The van der Waals surface area contributed by atoms with Crippen molar-refractivity contribution in [2.75, 3.05) is 19.6 Å². The Balaban J connectivity index is 1.68. The molecule has 0 bridgehead atoms. The lowest BCUT2D eigenvalue weighted by Gasteiger charge is -2.31. The fourth-order valence-corrected chi connectivity index (χ4v) is 2.58. The fraction of sp³-hybridized carbons (Fsp3) is 0.400. The van der Waals surface area contributed by atoms with Crippen molar-refractivity contribution >= 4 is 0 Å². The van der Waals surface area contributed by atoms with Crippen LogP contribution in [0.15, 0.2) is 36.5 Å². The molecule has 2 heterocycles. The van der Waals surface area contributed by atoms with E-state index in [-0.39, 0.29) is 0 Å². The molecular formula is C15H20N4. The Morgan fingerprint density at radius 1 is 1.32 bits per heavy atom. The molecule has 1 atom stereocenters. The normalized spacial score (nSPS) is 20.6. The monoisotopic (exact) mass is 256 g/mol. The summed E-state index contributed by atoms with van der Waals surface area (Å²) in [6.45, 7) is 6.45. The van der Waals surface area contributed by atoms with Gasteiger partial charge in [-0.15, -0.1) is 0 Å². The van der Waals surface area contributed by atoms with E-state index < -0.39 is 0 Å². The van der Waals surface area contributed by atoms with Crippen LogP contribution in [0.25, 0.3) is 11.4 Å². The number of hydrogen-bond acceptors (Lipinski definition) is 3. The summed E-state index contributed by atoms with van der Waals surface area (Å²) in [5.41, 5.74) is 2.33. The van der Waals surface area contributed by atoms with Gasteiger partial charge in [-0.3, -0.25) is 4.90 Å². The first-order valence-electron chi connectivity index (χ1n) is 6.86. The zero-order valence-corrected chi connectivity index (χ0v) is 11.3. The van der Waals surface area contributed by atoms with E-state index >= 15 is 0 Å². The van der Waals surface area contributed by atoms with E-state index in [4.69, 9.17) is 0 Å². The smallest absolute Gasteiger partial charge is 0.137 e. The summed E-state index contributed by atoms with van der Waals surface area (Å²) in [5.74, 6) is 0.957. The molecule has 0 radical (unpaired) electrons. The molecule has 19 heavy (non-hydrogen) atoms. The molecule has 1 aliphatic heterocycles. The van der Waals surface area contributed by atoms with Crippen molar-refractivity contribution in [2.45, 2.75) is 19.5 Å². The highest BCUT2D eigenvalue weighted by Gasteiger charge is 2.16. The molecule has 1 unspecified atom stereocenters. The van der Waals surface area contributed by atoms with Crippen LogP contribution in [0.1, 0.15) is 12.6 Å². The summed E-state index contributed by atoms with van der Waals surface area (Å²) in [4.78, 5) is 10.4. The average molecular weight is 256 g/mol. The van der Waals surface area contributed by atoms with Crippen molar-refractivity contribution < 1.29 is 0 Å². The summed E-state index contributed by atoms with van der Waals surface area (Å²) < 4.78 is 0. The molecular weight excluding hydrogens is 236 g/mol. The van der Waals surface area contributed by atoms with Gasteiger partial charge in [-0.2, -0.15) is 0 Å². The van der Waals surface area contributed by atoms with Crippen LogP contribution in [0.4, 0.5) is 0 Å². The van der Waals surface area contributed by atoms with Crippen molar-refractivity contribution in [1.29, 1.82) is 0 Å². The second kappa shape index (κ2) is 5.55. The highest BCUT2D eigenvalue weighted by atomic mass is 15.2. The molecule has 2 aromatic rings. The third kappa shape index (κ3) is 3.03. The molecule has 3 rings (SSSR count). The number of aromatic nitrogens is 2. The number of aromatic amines is 1. The molecule has 0 spiro atoms. The van der Waals surface area contributed by atoms with Gasteiger partial charge in [0.05, 0.1) is 0 Å². The van der Waals surface area contributed by atoms with Crippen molar-refractivity contribution in [3.05, 3.63) is 42.2 Å². The summed E-state index contributed by atoms with van der Waals surface area (Å²) in [6.07, 6.45) is 1.95. The maximum atomic E-state index is 4.47. The standard InChI is InChI=1S/C15H20N4/c1-12-10-19(8-7-16-12)11-14-9-17-15(18-14)13-5-3-2-4-6-13/h2-6,9,12,16H,7-8,10-11H2,1H3,(H,17,18). The average Bonchev–Trinajstić information content (AvgIpc) is 2.88. The van der Waals surface area contributed by atoms with Gasteiger partial charge < -0.3 is 10.3 Å². The van der Waals surface area contributed by atoms with Crippen LogP contribution >= 0.6 is 0 Å². The second-order valence-corrected chi connectivity index (χ2v) is 5.21. The van der Waals surface area contributed by atoms with Gasteiger partial charge in [0.15, 0.2) is 0 Å². The Labute approximate surface area is 113 Å². The third-order valence-electron chi connectivity index (χ3n) is 3.52. The zero-order chi connectivity index (χ0) is 13.1. The molecule has 1 aromatic carbocycles. The highest BCUT2D eigenvalue weighted by Crippen LogP contribution is 2.15. The van der Waals surface area contributed by atoms with Crippen LogP contribution < -0.4 is 5.32 Å². The van der Waals surface area contributed by atoms with E-state index in [1.54, 1.807) is 0 Å². The van der Waals surface area contributed by atoms with Crippen LogP contribution in [-0.4, -0.2) is 40.5 Å². The largest absolute Gasteiger partial charge is 0.341 e. The molecule has 1 saturated heterocycles. The van der Waals surface area contributed by atoms with Crippen LogP contribution in [0.2, 0.25) is 0 Å². The first-order valence-corrected chi connectivity index (χ1v) is 6.86. The summed E-state index contributed by atoms with van der Waals surface area (Å²) in [5, 5.41) is 3.46. The van der Waals surface area contributed by atoms with Crippen molar-refractivity contribution in [3.8, 4) is 11.4 Å². The molecule has 1 fully saturated rings. The van der Waals surface area contributed by atoms with Gasteiger partial charge in [0.25, 0.3) is 0 Å². The van der Waals surface area contributed by atoms with Gasteiger partial charge >= 0.3 is 0 Å². The lowest BCUT2D eigenvalue weighted by Crippen LogP contribution is -2.48. The highest BCUT2D eigenvalue weighted by molar-refractivity contribution is 5.54. The molecule has 0 amide bonds. The maximum Gasteiger partial charge on any atom is 0.137 e. The van der Waals surface area contributed by atoms with Gasteiger partial charge in [0, 0.05) is 49.7 Å². The van der Waals surface area contributed by atoms with Gasteiger partial charge in [0.1, 0.15) is 5.82 Å². The summed E-state index contributed by atoms with van der Waals surface area (Å²) >= 11 is 0. The van der Waals surface area contributed by atoms with E-state index in [9.17, 15) is 0 Å². The predicted octanol–water partition coefficient (Wildman–Crippen LogP) is 1.87. The van der Waals surface area contributed by atoms with Crippen LogP contribution in [-0.2, 0) is 6.54 Å². The minimum absolute atomic E-state index is 0.574. The second-order valence-electron chi connectivity index (χ2n) is 5.21. The Bertz CT molecular complexity index is 520. The van der Waals surface area contributed by atoms with Gasteiger partial charge in [-0.1, -0.05) is 30.3 Å². The van der Waals surface area contributed by atoms with E-state index in [0.29, 0.717) is 6.04 Å². The van der Waals surface area contributed by atoms with Crippen molar-refractivity contribution in [1.82, 2.24) is 20.2 Å². The minimum Gasteiger partial charge on any atom is -0.341 e. The Morgan fingerprint density at radius 2 is 2.16 bits per heavy atom. The minimum atomic E-state index is 0.574. The summed E-state index contributed by atoms with van der Waals surface area (Å²) in [7, 11) is 0. The number of rotatable bonds is 3. The molecule has 0 aliphatic carbocycles. The predicted molar refractivity (Wildman–Crippen MR) is 76.8 cm³/mol. The Morgan fingerprint density at radius 3 is 2.95 bits per heavy atom. The number of hydrogen-bond donors (Lipinski definition) is 2. The topological polar surface area (TPSA) is 44.0 Å². The Hall–Kier alpha value is -1.65. The molecule has 0 saturated carbocycles.